The Hall–Kier alpha value is -2.58. The summed E-state index contributed by atoms with van der Waals surface area (Å²) >= 11 is 0. The first-order chi connectivity index (χ1) is 11.8. The number of unbranched alkanes of at least 4 members (excludes halogenated alkanes) is 3. The Bertz CT molecular complexity index is 892. The molecule has 0 unspecified atom stereocenters. The highest BCUT2D eigenvalue weighted by Gasteiger charge is 2.14. The predicted molar refractivity (Wildman–Crippen MR) is 96.2 cm³/mol. The standard InChI is InChI=1S/C19H22N4O/c1-14-12-18(21-10-6-2-3-7-11-24)23-17-9-5-4-8-16(17)22-19(23)15(14)13-20/h4-5,8-9,12,21,24H,2-3,6-7,10-11H2,1H3. The predicted octanol–water partition coefficient (Wildman–Crippen LogP) is 3.63. The first-order valence-corrected chi connectivity index (χ1v) is 8.42. The number of imidazole rings is 1. The Kier molecular flexibility index (Phi) is 4.97. The second-order valence-corrected chi connectivity index (χ2v) is 6.02. The molecular formula is C19H22N4O. The van der Waals surface area contributed by atoms with E-state index in [0.29, 0.717) is 11.2 Å². The van der Waals surface area contributed by atoms with Gasteiger partial charge in [-0.3, -0.25) is 4.40 Å². The number of nitrogens with zero attached hydrogens (tertiary/aromatic N) is 3. The maximum Gasteiger partial charge on any atom is 0.157 e. The van der Waals surface area contributed by atoms with Gasteiger partial charge in [0, 0.05) is 13.2 Å². The molecular weight excluding hydrogens is 300 g/mol. The number of aliphatic hydroxyl groups is 1. The number of hydrogen-bond acceptors (Lipinski definition) is 4. The Morgan fingerprint density at radius 3 is 2.79 bits per heavy atom. The Morgan fingerprint density at radius 1 is 1.21 bits per heavy atom. The van der Waals surface area contributed by atoms with Crippen molar-refractivity contribution in [1.29, 1.82) is 5.26 Å². The van der Waals surface area contributed by atoms with Crippen LogP contribution in [0.3, 0.4) is 0 Å². The topological polar surface area (TPSA) is 73.3 Å². The third-order valence-electron chi connectivity index (χ3n) is 4.28. The summed E-state index contributed by atoms with van der Waals surface area (Å²) in [6.07, 6.45) is 4.06. The van der Waals surface area contributed by atoms with Crippen molar-refractivity contribution in [3.63, 3.8) is 0 Å². The zero-order valence-corrected chi connectivity index (χ0v) is 13.9. The number of aryl methyl sites for hydroxylation is 1. The highest BCUT2D eigenvalue weighted by Crippen LogP contribution is 2.26. The van der Waals surface area contributed by atoms with Crippen molar-refractivity contribution in [2.24, 2.45) is 0 Å². The van der Waals surface area contributed by atoms with Crippen LogP contribution in [0.5, 0.6) is 0 Å². The number of aromatic nitrogens is 2. The van der Waals surface area contributed by atoms with Gasteiger partial charge in [-0.25, -0.2) is 4.98 Å². The van der Waals surface area contributed by atoms with Crippen molar-refractivity contribution in [2.45, 2.75) is 32.6 Å². The number of aliphatic hydroxyl groups excluding tert-OH is 1. The van der Waals surface area contributed by atoms with Crippen molar-refractivity contribution in [1.82, 2.24) is 9.38 Å². The third kappa shape index (κ3) is 3.06. The molecule has 0 saturated carbocycles. The summed E-state index contributed by atoms with van der Waals surface area (Å²) in [5, 5.41) is 21.8. The van der Waals surface area contributed by atoms with E-state index >= 15 is 0 Å². The summed E-state index contributed by atoms with van der Waals surface area (Å²) in [5.41, 5.74) is 4.17. The lowest BCUT2D eigenvalue weighted by molar-refractivity contribution is 0.283. The molecule has 0 bridgehead atoms. The molecule has 2 aromatic heterocycles. The SMILES string of the molecule is Cc1cc(NCCCCCCO)n2c(nc3ccccc32)c1C#N. The van der Waals surface area contributed by atoms with E-state index in [0.717, 1.165) is 54.6 Å². The van der Waals surface area contributed by atoms with E-state index in [1.165, 1.54) is 0 Å². The minimum absolute atomic E-state index is 0.268. The second kappa shape index (κ2) is 7.33. The summed E-state index contributed by atoms with van der Waals surface area (Å²) in [5.74, 6) is 0.970. The largest absolute Gasteiger partial charge is 0.396 e. The molecule has 0 aliphatic heterocycles. The smallest absolute Gasteiger partial charge is 0.157 e. The minimum atomic E-state index is 0.268. The number of hydrogen-bond donors (Lipinski definition) is 2. The van der Waals surface area contributed by atoms with Crippen LogP contribution in [0, 0.1) is 18.3 Å². The molecule has 3 aromatic rings. The lowest BCUT2D eigenvalue weighted by atomic mass is 10.1. The molecule has 3 rings (SSSR count). The van der Waals surface area contributed by atoms with E-state index < -0.39 is 0 Å². The van der Waals surface area contributed by atoms with Crippen molar-refractivity contribution in [3.05, 3.63) is 41.5 Å². The van der Waals surface area contributed by atoms with Gasteiger partial charge in [0.2, 0.25) is 0 Å². The van der Waals surface area contributed by atoms with Gasteiger partial charge < -0.3 is 10.4 Å². The van der Waals surface area contributed by atoms with Crippen molar-refractivity contribution < 1.29 is 5.11 Å². The zero-order valence-electron chi connectivity index (χ0n) is 13.9. The van der Waals surface area contributed by atoms with E-state index in [1.807, 2.05) is 41.7 Å². The zero-order chi connectivity index (χ0) is 16.9. The van der Waals surface area contributed by atoms with Gasteiger partial charge in [0.15, 0.2) is 5.65 Å². The van der Waals surface area contributed by atoms with Gasteiger partial charge in [-0.2, -0.15) is 5.26 Å². The van der Waals surface area contributed by atoms with Gasteiger partial charge in [0.1, 0.15) is 11.9 Å². The quantitative estimate of drug-likeness (QED) is 0.651. The Balaban J connectivity index is 1.94. The Labute approximate surface area is 141 Å². The molecule has 0 atom stereocenters. The van der Waals surface area contributed by atoms with E-state index in [1.54, 1.807) is 0 Å². The average Bonchev–Trinajstić information content (AvgIpc) is 2.97. The maximum absolute atomic E-state index is 9.48. The molecule has 0 aliphatic carbocycles. The molecule has 0 amide bonds. The lowest BCUT2D eigenvalue weighted by Crippen LogP contribution is -2.07. The van der Waals surface area contributed by atoms with E-state index in [9.17, 15) is 5.26 Å². The van der Waals surface area contributed by atoms with Gasteiger partial charge in [0.05, 0.1) is 16.6 Å². The maximum atomic E-state index is 9.48. The fourth-order valence-electron chi connectivity index (χ4n) is 3.03. The number of rotatable bonds is 7. The van der Waals surface area contributed by atoms with Gasteiger partial charge in [-0.15, -0.1) is 0 Å². The molecule has 2 heterocycles. The summed E-state index contributed by atoms with van der Waals surface area (Å²) in [6, 6.07) is 12.2. The molecule has 0 saturated heterocycles. The van der Waals surface area contributed by atoms with E-state index in [-0.39, 0.29) is 6.61 Å². The van der Waals surface area contributed by atoms with Crippen LogP contribution in [-0.4, -0.2) is 27.6 Å². The van der Waals surface area contributed by atoms with Crippen LogP contribution in [0.4, 0.5) is 5.82 Å². The summed E-state index contributed by atoms with van der Waals surface area (Å²) in [4.78, 5) is 4.65. The van der Waals surface area contributed by atoms with Gasteiger partial charge in [0.25, 0.3) is 0 Å². The van der Waals surface area contributed by atoms with Crippen LogP contribution >= 0.6 is 0 Å². The van der Waals surface area contributed by atoms with Crippen molar-refractivity contribution >= 4 is 22.5 Å². The van der Waals surface area contributed by atoms with Crippen LogP contribution in [0.15, 0.2) is 30.3 Å². The van der Waals surface area contributed by atoms with Crippen LogP contribution in [0.1, 0.15) is 36.8 Å². The number of para-hydroxylation sites is 2. The van der Waals surface area contributed by atoms with Gasteiger partial charge >= 0.3 is 0 Å². The first kappa shape index (κ1) is 16.3. The molecule has 24 heavy (non-hydrogen) atoms. The number of pyridine rings is 1. The summed E-state index contributed by atoms with van der Waals surface area (Å²) in [6.45, 7) is 3.08. The lowest BCUT2D eigenvalue weighted by Gasteiger charge is -2.12. The summed E-state index contributed by atoms with van der Waals surface area (Å²) in [7, 11) is 0. The van der Waals surface area contributed by atoms with Crippen LogP contribution in [0.25, 0.3) is 16.7 Å². The average molecular weight is 322 g/mol. The molecule has 0 spiro atoms. The van der Waals surface area contributed by atoms with E-state index in [4.69, 9.17) is 5.11 Å². The van der Waals surface area contributed by atoms with Crippen LogP contribution in [-0.2, 0) is 0 Å². The number of benzene rings is 1. The van der Waals surface area contributed by atoms with Crippen LogP contribution in [0.2, 0.25) is 0 Å². The number of anilines is 1. The molecule has 0 radical (unpaired) electrons. The van der Waals surface area contributed by atoms with Crippen molar-refractivity contribution in [3.8, 4) is 6.07 Å². The normalized spacial score (nSPS) is 11.0. The molecule has 2 N–H and O–H groups in total. The molecule has 5 nitrogen and oxygen atoms in total. The second-order valence-electron chi connectivity index (χ2n) is 6.02. The molecule has 0 fully saturated rings. The molecule has 5 heteroatoms. The minimum Gasteiger partial charge on any atom is -0.396 e. The molecule has 124 valence electrons. The molecule has 0 aliphatic rings. The third-order valence-corrected chi connectivity index (χ3v) is 4.28. The van der Waals surface area contributed by atoms with Crippen molar-refractivity contribution in [2.75, 3.05) is 18.5 Å². The van der Waals surface area contributed by atoms with Gasteiger partial charge in [-0.1, -0.05) is 25.0 Å². The highest BCUT2D eigenvalue weighted by atomic mass is 16.2. The van der Waals surface area contributed by atoms with E-state index in [2.05, 4.69) is 16.4 Å². The van der Waals surface area contributed by atoms with Gasteiger partial charge in [-0.05, 0) is 43.5 Å². The summed E-state index contributed by atoms with van der Waals surface area (Å²) < 4.78 is 2.04. The fourth-order valence-corrected chi connectivity index (χ4v) is 3.03. The fraction of sp³-hybridized carbons (Fsp3) is 0.368. The number of fused-ring (bicyclic) bond motifs is 3. The van der Waals surface area contributed by atoms with Crippen LogP contribution < -0.4 is 5.32 Å². The monoisotopic (exact) mass is 322 g/mol. The first-order valence-electron chi connectivity index (χ1n) is 8.42. The number of nitriles is 1. The Morgan fingerprint density at radius 2 is 2.00 bits per heavy atom. The number of nitrogens with one attached hydrogen (secondary N) is 1. The molecule has 1 aromatic carbocycles. The highest BCUT2D eigenvalue weighted by molar-refractivity contribution is 5.85.